The lowest BCUT2D eigenvalue weighted by Crippen LogP contribution is -2.55. The van der Waals surface area contributed by atoms with E-state index in [1.54, 1.807) is 0 Å². The van der Waals surface area contributed by atoms with Crippen molar-refractivity contribution in [2.45, 2.75) is 25.6 Å². The van der Waals surface area contributed by atoms with Gasteiger partial charge in [0, 0.05) is 25.5 Å². The average Bonchev–Trinajstić information content (AvgIpc) is 2.24. The van der Waals surface area contributed by atoms with E-state index in [0.29, 0.717) is 18.4 Å². The fourth-order valence-electron chi connectivity index (χ4n) is 1.85. The van der Waals surface area contributed by atoms with Crippen molar-refractivity contribution < 1.29 is 17.9 Å². The van der Waals surface area contributed by atoms with Crippen LogP contribution in [0.4, 0.5) is 0 Å². The summed E-state index contributed by atoms with van der Waals surface area (Å²) in [4.78, 5) is 0. The summed E-state index contributed by atoms with van der Waals surface area (Å²) in [6, 6.07) is 0. The zero-order chi connectivity index (χ0) is 13.1. The van der Waals surface area contributed by atoms with Gasteiger partial charge < -0.3 is 9.47 Å². The van der Waals surface area contributed by atoms with Gasteiger partial charge in [-0.25, -0.2) is 8.42 Å². The number of rotatable bonds is 5. The van der Waals surface area contributed by atoms with Crippen LogP contribution in [0.15, 0.2) is 0 Å². The minimum atomic E-state index is -3.25. The van der Waals surface area contributed by atoms with Gasteiger partial charge in [-0.05, 0) is 13.8 Å². The minimum Gasteiger partial charge on any atom is -0.384 e. The lowest BCUT2D eigenvalue weighted by atomic mass is 10.1. The third-order valence-corrected chi connectivity index (χ3v) is 5.03. The van der Waals surface area contributed by atoms with E-state index in [2.05, 4.69) is 15.9 Å². The van der Waals surface area contributed by atoms with Crippen molar-refractivity contribution in [3.8, 4) is 0 Å². The van der Waals surface area contributed by atoms with Gasteiger partial charge in [-0.2, -0.15) is 4.31 Å². The molecule has 1 fully saturated rings. The molecule has 7 heteroatoms. The Bertz CT molecular complexity index is 344. The van der Waals surface area contributed by atoms with Crippen molar-refractivity contribution in [3.05, 3.63) is 0 Å². The fourth-order valence-corrected chi connectivity index (χ4v) is 3.73. The van der Waals surface area contributed by atoms with Gasteiger partial charge in [0.05, 0.1) is 24.1 Å². The first-order chi connectivity index (χ1) is 7.80. The summed E-state index contributed by atoms with van der Waals surface area (Å²) in [5.41, 5.74) is -0.448. The zero-order valence-corrected chi connectivity index (χ0v) is 12.9. The van der Waals surface area contributed by atoms with Gasteiger partial charge in [0.2, 0.25) is 10.0 Å². The average molecular weight is 330 g/mol. The van der Waals surface area contributed by atoms with E-state index >= 15 is 0 Å². The predicted molar refractivity (Wildman–Crippen MR) is 70.0 cm³/mol. The summed E-state index contributed by atoms with van der Waals surface area (Å²) in [7, 11) is -1.75. The maximum absolute atomic E-state index is 12.1. The molecule has 1 unspecified atom stereocenters. The molecule has 1 heterocycles. The lowest BCUT2D eigenvalue weighted by molar-refractivity contribution is -0.107. The normalized spacial score (nSPS) is 26.0. The first-order valence-electron chi connectivity index (χ1n) is 5.51. The Labute approximate surface area is 112 Å². The number of alkyl halides is 1. The Morgan fingerprint density at radius 2 is 2.18 bits per heavy atom. The molecule has 0 radical (unpaired) electrons. The van der Waals surface area contributed by atoms with Crippen LogP contribution in [0.25, 0.3) is 0 Å². The molecule has 0 spiro atoms. The number of morpholine rings is 1. The van der Waals surface area contributed by atoms with Crippen LogP contribution >= 0.6 is 15.9 Å². The number of nitrogens with zero attached hydrogens (tertiary/aromatic N) is 1. The number of sulfonamides is 1. The highest BCUT2D eigenvalue weighted by Gasteiger charge is 2.38. The molecular formula is C10H20BrNO4S. The van der Waals surface area contributed by atoms with Gasteiger partial charge >= 0.3 is 0 Å². The second-order valence-corrected chi connectivity index (χ2v) is 7.49. The summed E-state index contributed by atoms with van der Waals surface area (Å²) in [6.45, 7) is 4.82. The Balaban J connectivity index is 2.76. The van der Waals surface area contributed by atoms with Crippen LogP contribution in [0.1, 0.15) is 13.8 Å². The molecule has 1 aliphatic rings. The number of halogens is 1. The molecule has 0 aliphatic carbocycles. The summed E-state index contributed by atoms with van der Waals surface area (Å²) in [5, 5.41) is 0.632. The molecule has 1 rings (SSSR count). The SMILES string of the molecule is COCCS(=O)(=O)N1CC(CBr)OC(C)(C)C1. The van der Waals surface area contributed by atoms with E-state index in [-0.39, 0.29) is 18.5 Å². The Morgan fingerprint density at radius 1 is 1.53 bits per heavy atom. The number of methoxy groups -OCH3 is 1. The van der Waals surface area contributed by atoms with Gasteiger partial charge in [-0.15, -0.1) is 0 Å². The molecule has 1 saturated heterocycles. The van der Waals surface area contributed by atoms with Crippen molar-refractivity contribution >= 4 is 26.0 Å². The van der Waals surface area contributed by atoms with Gasteiger partial charge in [0.1, 0.15) is 0 Å². The maximum atomic E-state index is 12.1. The molecule has 0 aromatic heterocycles. The highest BCUT2D eigenvalue weighted by molar-refractivity contribution is 9.09. The smallest absolute Gasteiger partial charge is 0.216 e. The Hall–Kier alpha value is 0.310. The molecule has 0 aromatic rings. The molecule has 102 valence electrons. The standard InChI is InChI=1S/C10H20BrNO4S/c1-10(2)8-12(7-9(6-11)16-10)17(13,14)5-4-15-3/h9H,4-8H2,1-3H3. The van der Waals surface area contributed by atoms with Crippen LogP contribution in [-0.2, 0) is 19.5 Å². The summed E-state index contributed by atoms with van der Waals surface area (Å²) < 4.78 is 36.2. The molecule has 0 aromatic carbocycles. The van der Waals surface area contributed by atoms with E-state index in [1.807, 2.05) is 13.8 Å². The second kappa shape index (κ2) is 5.97. The first kappa shape index (κ1) is 15.4. The van der Waals surface area contributed by atoms with Gasteiger partial charge in [-0.1, -0.05) is 15.9 Å². The molecule has 1 aliphatic heterocycles. The predicted octanol–water partition coefficient (Wildman–Crippen LogP) is 0.837. The Morgan fingerprint density at radius 3 is 2.71 bits per heavy atom. The highest BCUT2D eigenvalue weighted by atomic mass is 79.9. The van der Waals surface area contributed by atoms with Crippen LogP contribution < -0.4 is 0 Å². The third kappa shape index (κ3) is 4.48. The van der Waals surface area contributed by atoms with Crippen LogP contribution in [0.3, 0.4) is 0 Å². The van der Waals surface area contributed by atoms with E-state index in [9.17, 15) is 8.42 Å². The number of hydrogen-bond donors (Lipinski definition) is 0. The number of hydrogen-bond acceptors (Lipinski definition) is 4. The maximum Gasteiger partial charge on any atom is 0.216 e. The van der Waals surface area contributed by atoms with E-state index in [0.717, 1.165) is 0 Å². The van der Waals surface area contributed by atoms with Crippen LogP contribution in [-0.4, -0.2) is 62.3 Å². The molecular weight excluding hydrogens is 310 g/mol. The minimum absolute atomic E-state index is 0.0224. The molecule has 1 atom stereocenters. The second-order valence-electron chi connectivity index (χ2n) is 4.76. The molecule has 0 saturated carbocycles. The molecule has 0 amide bonds. The monoisotopic (exact) mass is 329 g/mol. The van der Waals surface area contributed by atoms with Crippen molar-refractivity contribution in [2.75, 3.05) is 37.9 Å². The third-order valence-electron chi connectivity index (χ3n) is 2.56. The summed E-state index contributed by atoms with van der Waals surface area (Å²) >= 11 is 3.34. The van der Waals surface area contributed by atoms with Crippen LogP contribution in [0.5, 0.6) is 0 Å². The lowest BCUT2D eigenvalue weighted by Gasteiger charge is -2.41. The summed E-state index contributed by atoms with van der Waals surface area (Å²) in [6.07, 6.45) is -0.101. The van der Waals surface area contributed by atoms with Crippen LogP contribution in [0, 0.1) is 0 Å². The molecule has 0 N–H and O–H groups in total. The summed E-state index contributed by atoms with van der Waals surface area (Å²) in [5.74, 6) is 0.0224. The van der Waals surface area contributed by atoms with E-state index in [1.165, 1.54) is 11.4 Å². The van der Waals surface area contributed by atoms with Crippen molar-refractivity contribution in [3.63, 3.8) is 0 Å². The van der Waals surface area contributed by atoms with Crippen LogP contribution in [0.2, 0.25) is 0 Å². The topological polar surface area (TPSA) is 55.8 Å². The first-order valence-corrected chi connectivity index (χ1v) is 8.24. The van der Waals surface area contributed by atoms with Gasteiger partial charge in [0.15, 0.2) is 0 Å². The van der Waals surface area contributed by atoms with Crippen molar-refractivity contribution in [1.82, 2.24) is 4.31 Å². The fraction of sp³-hybridized carbons (Fsp3) is 1.00. The van der Waals surface area contributed by atoms with Gasteiger partial charge in [-0.3, -0.25) is 0 Å². The zero-order valence-electron chi connectivity index (χ0n) is 10.5. The quantitative estimate of drug-likeness (QED) is 0.701. The van der Waals surface area contributed by atoms with E-state index in [4.69, 9.17) is 9.47 Å². The molecule has 0 bridgehead atoms. The van der Waals surface area contributed by atoms with Crippen molar-refractivity contribution in [2.24, 2.45) is 0 Å². The van der Waals surface area contributed by atoms with E-state index < -0.39 is 15.6 Å². The van der Waals surface area contributed by atoms with Crippen molar-refractivity contribution in [1.29, 1.82) is 0 Å². The number of ether oxygens (including phenoxy) is 2. The highest BCUT2D eigenvalue weighted by Crippen LogP contribution is 2.24. The van der Waals surface area contributed by atoms with Gasteiger partial charge in [0.25, 0.3) is 0 Å². The molecule has 5 nitrogen and oxygen atoms in total. The largest absolute Gasteiger partial charge is 0.384 e. The Kier molecular flexibility index (Phi) is 5.39. The molecule has 17 heavy (non-hydrogen) atoms.